The van der Waals surface area contributed by atoms with Crippen LogP contribution in [0.2, 0.25) is 0 Å². The van der Waals surface area contributed by atoms with E-state index < -0.39 is 10.0 Å². The molecule has 0 saturated heterocycles. The molecule has 0 aliphatic rings. The molecule has 0 saturated carbocycles. The molecule has 0 bridgehead atoms. The largest absolute Gasteiger partial charge is 0.309 e. The van der Waals surface area contributed by atoms with E-state index in [4.69, 9.17) is 0 Å². The molecule has 0 N–H and O–H groups in total. The van der Waals surface area contributed by atoms with Crippen LogP contribution in [0.1, 0.15) is 22.3 Å². The Morgan fingerprint density at radius 1 is 0.865 bits per heavy atom. The summed E-state index contributed by atoms with van der Waals surface area (Å²) < 4.78 is 28.5. The normalized spacial score (nSPS) is 11.6. The molecule has 196 valence electrons. The molecule has 0 spiro atoms. The minimum Gasteiger partial charge on any atom is -0.309 e. The molecule has 4 aromatic rings. The van der Waals surface area contributed by atoms with Gasteiger partial charge < -0.3 is 4.90 Å². The Kier molecular flexibility index (Phi) is 9.80. The number of amides is 1. The Bertz CT molecular complexity index is 1390. The quantitative estimate of drug-likeness (QED) is 0.269. The molecule has 10 heteroatoms. The number of hydrogen-bond acceptors (Lipinski definition) is 6. The molecule has 1 aromatic heterocycles. The summed E-state index contributed by atoms with van der Waals surface area (Å²) in [5.74, 6) is -0.200. The first-order valence-electron chi connectivity index (χ1n) is 11.7. The van der Waals surface area contributed by atoms with Crippen LogP contribution in [-0.4, -0.2) is 62.7 Å². The van der Waals surface area contributed by atoms with Crippen molar-refractivity contribution in [2.75, 3.05) is 39.1 Å². The minimum absolute atomic E-state index is 0. The highest BCUT2D eigenvalue weighted by Crippen LogP contribution is 2.30. The second-order valence-electron chi connectivity index (χ2n) is 8.85. The third-order valence-corrected chi connectivity index (χ3v) is 8.68. The standard InChI is InChI=1S/C27H30N4O3S2.ClH/c1-29(2)18-9-19-31(27-28-24-12-7-8-13-25(24)35-27)26(32)22-14-16-23(17-15-22)36(33,34)30(3)20-21-10-5-4-6-11-21;/h4-8,10-17H,9,18-20H2,1-3H3;1H. The summed E-state index contributed by atoms with van der Waals surface area (Å²) in [6.07, 6.45) is 0.783. The Morgan fingerprint density at radius 2 is 1.51 bits per heavy atom. The maximum atomic E-state index is 13.6. The van der Waals surface area contributed by atoms with E-state index in [9.17, 15) is 13.2 Å². The van der Waals surface area contributed by atoms with E-state index in [1.54, 1.807) is 24.1 Å². The molecular weight excluding hydrogens is 528 g/mol. The van der Waals surface area contributed by atoms with Crippen LogP contribution in [-0.2, 0) is 16.6 Å². The van der Waals surface area contributed by atoms with Crippen LogP contribution in [0.15, 0.2) is 83.8 Å². The zero-order valence-corrected chi connectivity index (χ0v) is 23.5. The zero-order valence-electron chi connectivity index (χ0n) is 21.1. The third kappa shape index (κ3) is 6.94. The molecule has 0 radical (unpaired) electrons. The Hall–Kier alpha value is -2.82. The first-order chi connectivity index (χ1) is 17.3. The van der Waals surface area contributed by atoms with Gasteiger partial charge in [-0.05, 0) is 69.0 Å². The topological polar surface area (TPSA) is 73.8 Å². The second-order valence-corrected chi connectivity index (χ2v) is 11.9. The van der Waals surface area contributed by atoms with Crippen LogP contribution < -0.4 is 4.90 Å². The van der Waals surface area contributed by atoms with Gasteiger partial charge in [-0.15, -0.1) is 12.4 Å². The number of sulfonamides is 1. The molecule has 37 heavy (non-hydrogen) atoms. The monoisotopic (exact) mass is 558 g/mol. The summed E-state index contributed by atoms with van der Waals surface area (Å²) in [6, 6.07) is 23.4. The lowest BCUT2D eigenvalue weighted by atomic mass is 10.2. The molecule has 1 heterocycles. The van der Waals surface area contributed by atoms with Crippen molar-refractivity contribution in [1.82, 2.24) is 14.2 Å². The number of nitrogens with zero attached hydrogens (tertiary/aromatic N) is 4. The second kappa shape index (κ2) is 12.6. The van der Waals surface area contributed by atoms with Crippen LogP contribution in [0.3, 0.4) is 0 Å². The highest BCUT2D eigenvalue weighted by molar-refractivity contribution is 7.89. The van der Waals surface area contributed by atoms with Gasteiger partial charge in [0.15, 0.2) is 5.13 Å². The number of anilines is 1. The number of benzene rings is 3. The van der Waals surface area contributed by atoms with Gasteiger partial charge in [-0.2, -0.15) is 4.31 Å². The van der Waals surface area contributed by atoms with Crippen molar-refractivity contribution in [1.29, 1.82) is 0 Å². The molecule has 0 aliphatic carbocycles. The molecule has 0 aliphatic heterocycles. The van der Waals surface area contributed by atoms with Gasteiger partial charge in [0, 0.05) is 25.7 Å². The van der Waals surface area contributed by atoms with Crippen molar-refractivity contribution in [2.45, 2.75) is 17.9 Å². The van der Waals surface area contributed by atoms with Gasteiger partial charge in [-0.1, -0.05) is 53.8 Å². The first-order valence-corrected chi connectivity index (χ1v) is 13.9. The molecule has 1 amide bonds. The van der Waals surface area contributed by atoms with Crippen LogP contribution in [0.25, 0.3) is 10.2 Å². The Labute approximate surface area is 228 Å². The van der Waals surface area contributed by atoms with Gasteiger partial charge >= 0.3 is 0 Å². The maximum Gasteiger partial charge on any atom is 0.260 e. The van der Waals surface area contributed by atoms with Gasteiger partial charge in [0.1, 0.15) is 0 Å². The molecule has 0 atom stereocenters. The Balaban J connectivity index is 0.00000380. The lowest BCUT2D eigenvalue weighted by Gasteiger charge is -2.21. The molecule has 4 rings (SSSR count). The lowest BCUT2D eigenvalue weighted by molar-refractivity contribution is 0.0986. The van der Waals surface area contributed by atoms with Crippen molar-refractivity contribution < 1.29 is 13.2 Å². The average molecular weight is 559 g/mol. The fraction of sp³-hybridized carbons (Fsp3) is 0.259. The van der Waals surface area contributed by atoms with Gasteiger partial charge in [0.05, 0.1) is 15.1 Å². The van der Waals surface area contributed by atoms with Gasteiger partial charge in [0.2, 0.25) is 10.0 Å². The van der Waals surface area contributed by atoms with E-state index in [0.29, 0.717) is 17.2 Å². The number of thiazole rings is 1. The predicted octanol–water partition coefficient (Wildman–Crippen LogP) is 5.14. The first kappa shape index (κ1) is 28.7. The van der Waals surface area contributed by atoms with Gasteiger partial charge in [-0.25, -0.2) is 13.4 Å². The van der Waals surface area contributed by atoms with Crippen LogP contribution in [0.4, 0.5) is 5.13 Å². The number of aromatic nitrogens is 1. The van der Waals surface area contributed by atoms with Crippen molar-refractivity contribution in [3.8, 4) is 0 Å². The molecule has 7 nitrogen and oxygen atoms in total. The van der Waals surface area contributed by atoms with Crippen molar-refractivity contribution in [2.24, 2.45) is 0 Å². The zero-order chi connectivity index (χ0) is 25.7. The third-order valence-electron chi connectivity index (χ3n) is 5.80. The van der Waals surface area contributed by atoms with Crippen molar-refractivity contribution >= 4 is 55.0 Å². The van der Waals surface area contributed by atoms with E-state index in [1.807, 2.05) is 68.7 Å². The van der Waals surface area contributed by atoms with Crippen molar-refractivity contribution in [3.05, 3.63) is 90.0 Å². The van der Waals surface area contributed by atoms with Crippen LogP contribution in [0.5, 0.6) is 0 Å². The number of para-hydroxylation sites is 1. The number of fused-ring (bicyclic) bond motifs is 1. The summed E-state index contributed by atoms with van der Waals surface area (Å²) in [7, 11) is 1.85. The minimum atomic E-state index is -3.70. The molecular formula is C27H31ClN4O3S2. The molecule has 3 aromatic carbocycles. The summed E-state index contributed by atoms with van der Waals surface area (Å²) in [5.41, 5.74) is 2.18. The lowest BCUT2D eigenvalue weighted by Crippen LogP contribution is -2.33. The van der Waals surface area contributed by atoms with E-state index in [1.165, 1.54) is 27.8 Å². The predicted molar refractivity (Wildman–Crippen MR) is 153 cm³/mol. The summed E-state index contributed by atoms with van der Waals surface area (Å²) in [5, 5.41) is 0.638. The van der Waals surface area contributed by atoms with Crippen molar-refractivity contribution in [3.63, 3.8) is 0 Å². The van der Waals surface area contributed by atoms with E-state index in [2.05, 4.69) is 9.88 Å². The maximum absolute atomic E-state index is 13.6. The van der Waals surface area contributed by atoms with E-state index in [-0.39, 0.29) is 29.8 Å². The average Bonchev–Trinajstić information content (AvgIpc) is 3.30. The molecule has 0 fully saturated rings. The fourth-order valence-corrected chi connectivity index (χ4v) is 5.98. The van der Waals surface area contributed by atoms with E-state index >= 15 is 0 Å². The summed E-state index contributed by atoms with van der Waals surface area (Å²) in [4.78, 5) is 22.2. The number of carbonyl (C=O) groups excluding carboxylic acids is 1. The highest BCUT2D eigenvalue weighted by atomic mass is 35.5. The smallest absolute Gasteiger partial charge is 0.260 e. The number of hydrogen-bond donors (Lipinski definition) is 0. The SMILES string of the molecule is CN(C)CCCN(C(=O)c1ccc(S(=O)(=O)N(C)Cc2ccccc2)cc1)c1nc2ccccc2s1.Cl. The fourth-order valence-electron chi connectivity index (χ4n) is 3.84. The van der Waals surface area contributed by atoms with Crippen LogP contribution >= 0.6 is 23.7 Å². The van der Waals surface area contributed by atoms with E-state index in [0.717, 1.165) is 28.7 Å². The molecule has 0 unspecified atom stereocenters. The number of halogens is 1. The van der Waals surface area contributed by atoms with Gasteiger partial charge in [0.25, 0.3) is 5.91 Å². The highest BCUT2D eigenvalue weighted by Gasteiger charge is 2.24. The van der Waals surface area contributed by atoms with Gasteiger partial charge in [-0.3, -0.25) is 9.69 Å². The number of carbonyl (C=O) groups is 1. The van der Waals surface area contributed by atoms with Crippen LogP contribution in [0, 0.1) is 0 Å². The number of rotatable bonds is 10. The summed E-state index contributed by atoms with van der Waals surface area (Å²) >= 11 is 1.48. The Morgan fingerprint density at radius 3 is 2.16 bits per heavy atom. The summed E-state index contributed by atoms with van der Waals surface area (Å²) in [6.45, 7) is 1.61.